The lowest BCUT2D eigenvalue weighted by Gasteiger charge is -2.36. The molecular weight excluding hydrogens is 584 g/mol. The first-order chi connectivity index (χ1) is 17.9. The summed E-state index contributed by atoms with van der Waals surface area (Å²) in [5.41, 5.74) is -0.307. The zero-order valence-corrected chi connectivity index (χ0v) is 24.2. The zero-order valence-electron chi connectivity index (χ0n) is 21.8. The van der Waals surface area contributed by atoms with E-state index in [9.17, 15) is 40.5 Å². The highest BCUT2D eigenvalue weighted by Gasteiger charge is 2.34. The summed E-state index contributed by atoms with van der Waals surface area (Å²) in [5, 5.41) is 30.3. The Morgan fingerprint density at radius 2 is 1.51 bits per heavy atom. The first-order valence-corrected chi connectivity index (χ1v) is 16.8. The molecule has 0 bridgehead atoms. The summed E-state index contributed by atoms with van der Waals surface area (Å²) in [7, 11) is -12.1. The number of hydrogen-bond acceptors (Lipinski definition) is 14. The Kier molecular flexibility index (Phi) is 11.6. The quantitative estimate of drug-likeness (QED) is 0.128. The highest BCUT2D eigenvalue weighted by atomic mass is 32.2. The molecule has 1 aromatic carbocycles. The van der Waals surface area contributed by atoms with Crippen molar-refractivity contribution in [1.29, 1.82) is 0 Å². The van der Waals surface area contributed by atoms with Crippen LogP contribution in [0.2, 0.25) is 0 Å². The maximum Gasteiger partial charge on any atom is 0.271 e. The highest BCUT2D eigenvalue weighted by Crippen LogP contribution is 2.35. The SMILES string of the molecule is Cc1cc([N+](=O)[O-])cc(S(=O)(=O)N2CCN(CC(O)CO)CC2)c1N(CCOS(C)(=O)=O)CCOS(C)(=O)=O. The standard InChI is InChI=1S/C20H34N4O12S3/c1-16-12-17(24(27)28)13-19(39(33,34)23-6-4-21(5-7-23)14-18(26)15-25)20(16)22(8-10-35-37(2,29)30)9-11-36-38(3,31)32/h12-13,18,25-26H,4-11,14-15H2,1-3H3. The van der Waals surface area contributed by atoms with Crippen LogP contribution in [-0.2, 0) is 38.6 Å². The molecule has 0 aliphatic carbocycles. The fraction of sp³-hybridized carbons (Fsp3) is 0.700. The van der Waals surface area contributed by atoms with E-state index < -0.39 is 71.7 Å². The largest absolute Gasteiger partial charge is 0.394 e. The number of hydrogen-bond donors (Lipinski definition) is 2. The van der Waals surface area contributed by atoms with Crippen molar-refractivity contribution in [3.05, 3.63) is 27.8 Å². The second-order valence-corrected chi connectivity index (χ2v) is 14.1. The minimum absolute atomic E-state index is 0.00393. The molecule has 1 saturated heterocycles. The van der Waals surface area contributed by atoms with Crippen molar-refractivity contribution >= 4 is 41.6 Å². The first kappa shape index (κ1) is 33.2. The van der Waals surface area contributed by atoms with Crippen LogP contribution in [0, 0.1) is 17.0 Å². The van der Waals surface area contributed by atoms with Crippen molar-refractivity contribution in [2.75, 3.05) is 83.0 Å². The molecular formula is C20H34N4O12S3. The average Bonchev–Trinajstić information content (AvgIpc) is 2.81. The predicted molar refractivity (Wildman–Crippen MR) is 140 cm³/mol. The number of rotatable bonds is 15. The van der Waals surface area contributed by atoms with Gasteiger partial charge in [0.2, 0.25) is 10.0 Å². The number of piperazine rings is 1. The molecule has 39 heavy (non-hydrogen) atoms. The molecule has 0 amide bonds. The van der Waals surface area contributed by atoms with E-state index in [2.05, 4.69) is 0 Å². The maximum absolute atomic E-state index is 13.8. The number of sulfonamides is 1. The Morgan fingerprint density at radius 1 is 1.00 bits per heavy atom. The maximum atomic E-state index is 13.8. The number of nitro benzene ring substituents is 1. The molecule has 0 saturated carbocycles. The molecule has 0 radical (unpaired) electrons. The number of anilines is 1. The van der Waals surface area contributed by atoms with E-state index in [0.717, 1.165) is 28.9 Å². The Balaban J connectivity index is 2.50. The summed E-state index contributed by atoms with van der Waals surface area (Å²) >= 11 is 0. The average molecular weight is 619 g/mol. The lowest BCUT2D eigenvalue weighted by atomic mass is 10.1. The van der Waals surface area contributed by atoms with Crippen molar-refractivity contribution in [1.82, 2.24) is 9.21 Å². The molecule has 2 N–H and O–H groups in total. The summed E-state index contributed by atoms with van der Waals surface area (Å²) in [6, 6.07) is 2.06. The Labute approximate surface area is 228 Å². The number of non-ortho nitro benzene ring substituents is 1. The van der Waals surface area contributed by atoms with Gasteiger partial charge in [-0.1, -0.05) is 0 Å². The molecule has 1 heterocycles. The van der Waals surface area contributed by atoms with E-state index in [1.54, 1.807) is 4.90 Å². The smallest absolute Gasteiger partial charge is 0.271 e. The molecule has 2 rings (SSSR count). The van der Waals surface area contributed by atoms with E-state index in [1.807, 2.05) is 0 Å². The van der Waals surface area contributed by atoms with Gasteiger partial charge in [0.15, 0.2) is 0 Å². The van der Waals surface area contributed by atoms with Crippen LogP contribution >= 0.6 is 0 Å². The third kappa shape index (κ3) is 10.2. The molecule has 16 nitrogen and oxygen atoms in total. The van der Waals surface area contributed by atoms with E-state index in [1.165, 1.54) is 11.8 Å². The van der Waals surface area contributed by atoms with Crippen LogP contribution in [0.4, 0.5) is 11.4 Å². The Bertz CT molecular complexity index is 1290. The monoisotopic (exact) mass is 618 g/mol. The van der Waals surface area contributed by atoms with Gasteiger partial charge in [0.25, 0.3) is 25.9 Å². The first-order valence-electron chi connectivity index (χ1n) is 11.7. The fourth-order valence-electron chi connectivity index (χ4n) is 4.02. The molecule has 1 aliphatic heterocycles. The normalized spacial score (nSPS) is 16.7. The van der Waals surface area contributed by atoms with Gasteiger partial charge in [-0.05, 0) is 12.5 Å². The molecule has 0 aromatic heterocycles. The topological polar surface area (TPSA) is 214 Å². The van der Waals surface area contributed by atoms with Gasteiger partial charge < -0.3 is 15.1 Å². The van der Waals surface area contributed by atoms with Gasteiger partial charge in [-0.2, -0.15) is 21.1 Å². The third-order valence-corrected chi connectivity index (χ3v) is 8.82. The summed E-state index contributed by atoms with van der Waals surface area (Å²) in [5.74, 6) is 0. The van der Waals surface area contributed by atoms with Crippen LogP contribution in [0.25, 0.3) is 0 Å². The number of β-amino-alcohol motifs (C(OH)–C–C–N with tert-alkyl or cyclic N) is 1. The molecule has 1 aliphatic rings. The van der Waals surface area contributed by atoms with Crippen molar-refractivity contribution in [2.45, 2.75) is 17.9 Å². The fourth-order valence-corrected chi connectivity index (χ4v) is 6.50. The lowest BCUT2D eigenvalue weighted by Crippen LogP contribution is -2.50. The lowest BCUT2D eigenvalue weighted by molar-refractivity contribution is -0.385. The number of nitrogens with zero attached hydrogens (tertiary/aromatic N) is 4. The number of benzene rings is 1. The molecule has 19 heteroatoms. The molecule has 224 valence electrons. The third-order valence-electron chi connectivity index (χ3n) is 5.72. The molecule has 0 spiro atoms. The van der Waals surface area contributed by atoms with Crippen LogP contribution in [0.15, 0.2) is 17.0 Å². The van der Waals surface area contributed by atoms with Gasteiger partial charge in [0.05, 0.1) is 49.0 Å². The highest BCUT2D eigenvalue weighted by molar-refractivity contribution is 7.89. The summed E-state index contributed by atoms with van der Waals surface area (Å²) in [4.78, 5) is 13.5. The van der Waals surface area contributed by atoms with Gasteiger partial charge >= 0.3 is 0 Å². The van der Waals surface area contributed by atoms with Gasteiger partial charge in [-0.15, -0.1) is 0 Å². The second-order valence-electron chi connectivity index (χ2n) is 8.95. The van der Waals surface area contributed by atoms with Gasteiger partial charge in [-0.3, -0.25) is 23.4 Å². The number of aliphatic hydroxyl groups is 2. The van der Waals surface area contributed by atoms with Crippen LogP contribution in [0.3, 0.4) is 0 Å². The van der Waals surface area contributed by atoms with Crippen LogP contribution in [0.1, 0.15) is 5.56 Å². The minimum atomic E-state index is -4.35. The number of aliphatic hydroxyl groups excluding tert-OH is 2. The summed E-state index contributed by atoms with van der Waals surface area (Å²) < 4.78 is 84.2. The predicted octanol–water partition coefficient (Wildman–Crippen LogP) is -1.68. The molecule has 1 aromatic rings. The van der Waals surface area contributed by atoms with E-state index >= 15 is 0 Å². The summed E-state index contributed by atoms with van der Waals surface area (Å²) in [6.45, 7) is 0.322. The van der Waals surface area contributed by atoms with E-state index in [4.69, 9.17) is 13.5 Å². The van der Waals surface area contributed by atoms with Gasteiger partial charge in [-0.25, -0.2) is 8.42 Å². The zero-order chi connectivity index (χ0) is 29.6. The Morgan fingerprint density at radius 3 is 1.95 bits per heavy atom. The number of nitro groups is 1. The molecule has 1 fully saturated rings. The van der Waals surface area contributed by atoms with E-state index in [-0.39, 0.29) is 57.1 Å². The molecule has 1 atom stereocenters. The number of aryl methyl sites for hydroxylation is 1. The van der Waals surface area contributed by atoms with Crippen molar-refractivity contribution in [3.8, 4) is 0 Å². The minimum Gasteiger partial charge on any atom is -0.394 e. The molecule has 1 unspecified atom stereocenters. The van der Waals surface area contributed by atoms with Gasteiger partial charge in [0, 0.05) is 57.9 Å². The second kappa shape index (κ2) is 13.6. The summed E-state index contributed by atoms with van der Waals surface area (Å²) in [6.07, 6.45) is 0.670. The Hall–Kier alpha value is -1.97. The van der Waals surface area contributed by atoms with E-state index in [0.29, 0.717) is 0 Å². The van der Waals surface area contributed by atoms with Crippen molar-refractivity contribution in [3.63, 3.8) is 0 Å². The van der Waals surface area contributed by atoms with Crippen LogP contribution < -0.4 is 4.90 Å². The van der Waals surface area contributed by atoms with Crippen LogP contribution in [-0.4, -0.2) is 134 Å². The van der Waals surface area contributed by atoms with Gasteiger partial charge in [0.1, 0.15) is 4.90 Å². The van der Waals surface area contributed by atoms with Crippen molar-refractivity contribution in [2.24, 2.45) is 0 Å². The van der Waals surface area contributed by atoms with Crippen molar-refractivity contribution < 1.29 is 48.8 Å². The van der Waals surface area contributed by atoms with Crippen LogP contribution in [0.5, 0.6) is 0 Å².